The third-order valence-corrected chi connectivity index (χ3v) is 15.3. The van der Waals surface area contributed by atoms with Crippen molar-refractivity contribution in [3.8, 4) is 40.1 Å². The van der Waals surface area contributed by atoms with Gasteiger partial charge in [0.2, 0.25) is 6.29 Å². The highest BCUT2D eigenvalue weighted by Crippen LogP contribution is 2.42. The Morgan fingerprint density at radius 3 is 2.32 bits per heavy atom. The first kappa shape index (κ1) is 55.2. The van der Waals surface area contributed by atoms with E-state index in [1.807, 2.05) is 6.92 Å². The second-order valence-electron chi connectivity index (χ2n) is 17.7. The van der Waals surface area contributed by atoms with Crippen molar-refractivity contribution in [1.29, 1.82) is 0 Å². The van der Waals surface area contributed by atoms with Crippen molar-refractivity contribution < 1.29 is 88.0 Å². The minimum atomic E-state index is -1.93. The van der Waals surface area contributed by atoms with Crippen LogP contribution in [0, 0.1) is 0 Å². The minimum Gasteiger partial charge on any atom is -0.508 e. The maximum absolute atomic E-state index is 13.7. The highest BCUT2D eigenvalue weighted by molar-refractivity contribution is 8.76. The van der Waals surface area contributed by atoms with E-state index < -0.39 is 66.6 Å². The lowest BCUT2D eigenvalue weighted by atomic mass is 9.86. The summed E-state index contributed by atoms with van der Waals surface area (Å²) in [5, 5.41) is 73.4. The molecule has 0 unspecified atom stereocenters. The summed E-state index contributed by atoms with van der Waals surface area (Å²) in [4.78, 5) is 57.2. The number of aryl methyl sites for hydroxylation is 2. The zero-order valence-corrected chi connectivity index (χ0v) is 42.6. The number of benzene rings is 3. The first-order valence-corrected chi connectivity index (χ1v) is 26.8. The Hall–Kier alpha value is -5.99. The van der Waals surface area contributed by atoms with Gasteiger partial charge in [-0.15, -0.1) is 0 Å². The number of aliphatic hydroxyl groups is 5. The number of ether oxygens (including phenoxy) is 8. The van der Waals surface area contributed by atoms with E-state index in [0.29, 0.717) is 48.0 Å². The van der Waals surface area contributed by atoms with Crippen LogP contribution in [0.4, 0.5) is 4.79 Å². The summed E-state index contributed by atoms with van der Waals surface area (Å²) in [5.74, 6) is -0.499. The summed E-state index contributed by atoms with van der Waals surface area (Å²) in [6.07, 6.45) is -8.16. The average Bonchev–Trinajstić information content (AvgIpc) is 3.77. The molecule has 3 aliphatic rings. The Morgan fingerprint density at radius 1 is 0.853 bits per heavy atom. The van der Waals surface area contributed by atoms with E-state index in [1.54, 1.807) is 47.9 Å². The third-order valence-electron chi connectivity index (χ3n) is 13.0. The van der Waals surface area contributed by atoms with Crippen molar-refractivity contribution in [3.63, 3.8) is 0 Å². The predicted octanol–water partition coefficient (Wildman–Crippen LogP) is 4.06. The molecule has 75 heavy (non-hydrogen) atoms. The summed E-state index contributed by atoms with van der Waals surface area (Å²) in [6.45, 7) is 4.19. The number of ketones is 1. The second-order valence-corrected chi connectivity index (χ2v) is 20.4. The molecule has 5 heterocycles. The molecule has 402 valence electrons. The number of aromatic hydroxyl groups is 2. The molecule has 5 aromatic rings. The molecule has 0 spiro atoms. The third kappa shape index (κ3) is 12.3. The Labute approximate surface area is 437 Å². The van der Waals surface area contributed by atoms with Crippen molar-refractivity contribution in [2.75, 3.05) is 57.8 Å². The van der Waals surface area contributed by atoms with Gasteiger partial charge in [0.1, 0.15) is 78.5 Å². The molecule has 1 fully saturated rings. The van der Waals surface area contributed by atoms with E-state index in [0.717, 1.165) is 22.1 Å². The Balaban J connectivity index is 0.732. The molecule has 0 bridgehead atoms. The number of nitrogens with zero attached hydrogens (tertiary/aromatic N) is 2. The molecular weight excluding hydrogens is 1020 g/mol. The number of hydrogen-bond acceptors (Lipinski definition) is 22. The van der Waals surface area contributed by atoms with Crippen LogP contribution in [0.3, 0.4) is 0 Å². The average molecular weight is 1080 g/mol. The lowest BCUT2D eigenvalue weighted by molar-refractivity contribution is -0.277. The summed E-state index contributed by atoms with van der Waals surface area (Å²) >= 11 is 0. The molecule has 7 N–H and O–H groups in total. The SMILES string of the molecule is CCc1c2c(nc3ccc(OC(=O)OCCSSCCOCCOCCOc4cc(O)c(C(=O)CCc5ccc(O)cc5)c(O[C@@H]5O[C@H](CO)[C@@H](O)[C@H](O)[C@H]5O)c4)cc13)-c1cc3c(c(=O)n1C2)COC(=O)[C@]3(O)CC. The molecule has 0 amide bonds. The van der Waals surface area contributed by atoms with Gasteiger partial charge in [0.05, 0.1) is 62.0 Å². The van der Waals surface area contributed by atoms with Gasteiger partial charge in [-0.25, -0.2) is 14.6 Å². The smallest absolute Gasteiger partial charge is 0.508 e. The van der Waals surface area contributed by atoms with E-state index in [-0.39, 0.29) is 104 Å². The normalized spacial score (nSPS) is 20.7. The molecule has 0 saturated carbocycles. The molecule has 0 radical (unpaired) electrons. The molecule has 0 aliphatic carbocycles. The van der Waals surface area contributed by atoms with Gasteiger partial charge in [0.15, 0.2) is 11.4 Å². The van der Waals surface area contributed by atoms with Crippen LogP contribution in [-0.4, -0.2) is 152 Å². The number of aliphatic hydroxyl groups excluding tert-OH is 4. The van der Waals surface area contributed by atoms with E-state index >= 15 is 0 Å². The van der Waals surface area contributed by atoms with Crippen LogP contribution in [0.25, 0.3) is 22.3 Å². The molecule has 6 atom stereocenters. The molecule has 3 aliphatic heterocycles. The largest absolute Gasteiger partial charge is 0.513 e. The van der Waals surface area contributed by atoms with E-state index in [2.05, 4.69) is 0 Å². The Morgan fingerprint density at radius 2 is 1.59 bits per heavy atom. The highest BCUT2D eigenvalue weighted by atomic mass is 33.1. The van der Waals surface area contributed by atoms with Crippen molar-refractivity contribution in [1.82, 2.24) is 9.55 Å². The van der Waals surface area contributed by atoms with E-state index in [1.165, 1.54) is 45.9 Å². The molecule has 8 rings (SSSR count). The van der Waals surface area contributed by atoms with Gasteiger partial charge < -0.3 is 78.2 Å². The number of hydrogen-bond donors (Lipinski definition) is 7. The van der Waals surface area contributed by atoms with Gasteiger partial charge in [0.25, 0.3) is 5.56 Å². The number of carbonyl (C=O) groups excluding carboxylic acids is 3. The lowest BCUT2D eigenvalue weighted by Crippen LogP contribution is -2.60. The number of esters is 1. The number of rotatable bonds is 24. The highest BCUT2D eigenvalue weighted by Gasteiger charge is 2.47. The van der Waals surface area contributed by atoms with Gasteiger partial charge in [-0.1, -0.05) is 47.6 Å². The van der Waals surface area contributed by atoms with Gasteiger partial charge >= 0.3 is 12.1 Å². The van der Waals surface area contributed by atoms with Gasteiger partial charge in [-0.2, -0.15) is 0 Å². The predicted molar refractivity (Wildman–Crippen MR) is 271 cm³/mol. The summed E-state index contributed by atoms with van der Waals surface area (Å²) in [7, 11) is 3.03. The number of cyclic esters (lactones) is 1. The first-order chi connectivity index (χ1) is 36.1. The summed E-state index contributed by atoms with van der Waals surface area (Å²) < 4.78 is 45.9. The zero-order chi connectivity index (χ0) is 53.4. The van der Waals surface area contributed by atoms with Gasteiger partial charge in [-0.05, 0) is 66.8 Å². The standard InChI is InChI=1S/C52H58N2O19S2/c1-3-32-33-21-30(10-11-37(33)53-44-34(32)25-54-38(44)24-36-35(48(54)62)27-70-50(63)52(36,65)4-2)71-51(64)69-18-20-75-74-19-17-67-14-13-66-15-16-68-31-22-40(58)43(39(57)12-7-28-5-8-29(56)9-6-28)41(23-31)72-49-47(61)46(60)45(59)42(26-55)73-49/h5-6,8-11,21-24,42,45-47,49,55-56,58-61,65H,3-4,7,12-20,25-27H2,1-2H3/t42-,45-,46+,47-,49-,52+/m1/s1. The fraction of sp³-hybridized carbons (Fsp3) is 0.442. The van der Waals surface area contributed by atoms with Crippen LogP contribution in [0.5, 0.6) is 28.7 Å². The number of phenols is 2. The first-order valence-electron chi connectivity index (χ1n) is 24.3. The fourth-order valence-corrected chi connectivity index (χ4v) is 10.7. The second kappa shape index (κ2) is 24.8. The van der Waals surface area contributed by atoms with Crippen LogP contribution >= 0.6 is 21.6 Å². The van der Waals surface area contributed by atoms with Gasteiger partial charge in [0, 0.05) is 46.6 Å². The molecule has 3 aromatic carbocycles. The molecular formula is C52H58N2O19S2. The van der Waals surface area contributed by atoms with Crippen LogP contribution in [0.15, 0.2) is 65.5 Å². The number of aromatic nitrogens is 2. The van der Waals surface area contributed by atoms with Crippen LogP contribution in [0.2, 0.25) is 0 Å². The minimum absolute atomic E-state index is 0.0214. The lowest BCUT2D eigenvalue weighted by Gasteiger charge is -2.39. The van der Waals surface area contributed by atoms with Crippen molar-refractivity contribution >= 4 is 50.4 Å². The van der Waals surface area contributed by atoms with Crippen molar-refractivity contribution in [2.24, 2.45) is 0 Å². The number of carbonyl (C=O) groups is 3. The zero-order valence-electron chi connectivity index (χ0n) is 41.0. The maximum atomic E-state index is 13.7. The van der Waals surface area contributed by atoms with Crippen molar-refractivity contribution in [2.45, 2.75) is 89.0 Å². The van der Waals surface area contributed by atoms with Crippen LogP contribution in [0.1, 0.15) is 64.9 Å². The number of Topliss-reactive ketones (excluding diaryl/α,β-unsaturated/α-hetero) is 1. The number of phenolic OH excluding ortho intramolecular Hbond substituents is 2. The fourth-order valence-electron chi connectivity index (χ4n) is 9.01. The van der Waals surface area contributed by atoms with Crippen molar-refractivity contribution in [3.05, 3.63) is 104 Å². The van der Waals surface area contributed by atoms with Gasteiger partial charge in [-0.3, -0.25) is 9.59 Å². The van der Waals surface area contributed by atoms with Crippen LogP contribution in [-0.2, 0) is 60.1 Å². The maximum Gasteiger partial charge on any atom is 0.513 e. The molecule has 21 nitrogen and oxygen atoms in total. The molecule has 2 aromatic heterocycles. The number of pyridine rings is 2. The summed E-state index contributed by atoms with van der Waals surface area (Å²) in [6, 6.07) is 15.5. The van der Waals surface area contributed by atoms with Crippen LogP contribution < -0.4 is 19.8 Å². The van der Waals surface area contributed by atoms with E-state index in [4.69, 9.17) is 42.9 Å². The molecule has 1 saturated heterocycles. The molecule has 23 heteroatoms. The Bertz CT molecular complexity index is 2930. The quantitative estimate of drug-likeness (QED) is 0.0148. The summed E-state index contributed by atoms with van der Waals surface area (Å²) in [5.41, 5.74) is 2.18. The monoisotopic (exact) mass is 1080 g/mol. The Kier molecular flexibility index (Phi) is 18.3. The number of fused-ring (bicyclic) bond motifs is 5. The van der Waals surface area contributed by atoms with E-state index in [9.17, 15) is 54.9 Å². The topological polar surface area (TPSA) is 302 Å².